The Morgan fingerprint density at radius 3 is 2.85 bits per heavy atom. The van der Waals surface area contributed by atoms with Crippen LogP contribution in [-0.2, 0) is 16.1 Å². The van der Waals surface area contributed by atoms with Gasteiger partial charge in [-0.15, -0.1) is 0 Å². The standard InChI is InChI=1S/C18H24N6O3/c1-12-8-19-23(9-12)7-5-16(26)22-10-14(11-22)17-20-18(27-21-17)15-4-3-6-24(15)13(2)25/h8-9,14-15H,3-7,10-11H2,1-2H3. The molecular formula is C18H24N6O3. The molecule has 0 spiro atoms. The van der Waals surface area contributed by atoms with Crippen LogP contribution >= 0.6 is 0 Å². The van der Waals surface area contributed by atoms with Gasteiger partial charge in [0.05, 0.1) is 12.1 Å². The topological polar surface area (TPSA) is 97.4 Å². The van der Waals surface area contributed by atoms with Gasteiger partial charge in [0, 0.05) is 45.7 Å². The maximum absolute atomic E-state index is 12.3. The molecule has 2 aliphatic heterocycles. The number of nitrogens with zero attached hydrogens (tertiary/aromatic N) is 6. The van der Waals surface area contributed by atoms with E-state index >= 15 is 0 Å². The van der Waals surface area contributed by atoms with Crippen LogP contribution in [0, 0.1) is 6.92 Å². The van der Waals surface area contributed by atoms with E-state index in [0.717, 1.165) is 24.9 Å². The molecule has 2 saturated heterocycles. The Morgan fingerprint density at radius 2 is 2.15 bits per heavy atom. The molecule has 0 aliphatic carbocycles. The van der Waals surface area contributed by atoms with Crippen molar-refractivity contribution >= 4 is 11.8 Å². The molecule has 0 N–H and O–H groups in total. The number of carbonyl (C=O) groups is 2. The van der Waals surface area contributed by atoms with E-state index in [4.69, 9.17) is 4.52 Å². The normalized spacial score (nSPS) is 20.1. The van der Waals surface area contributed by atoms with Gasteiger partial charge in [-0.1, -0.05) is 5.16 Å². The highest BCUT2D eigenvalue weighted by Gasteiger charge is 2.37. The number of amides is 2. The van der Waals surface area contributed by atoms with Crippen molar-refractivity contribution in [1.82, 2.24) is 29.7 Å². The highest BCUT2D eigenvalue weighted by molar-refractivity contribution is 5.77. The molecular weight excluding hydrogens is 348 g/mol. The number of aromatic nitrogens is 4. The van der Waals surface area contributed by atoms with Crippen molar-refractivity contribution in [3.05, 3.63) is 29.7 Å². The van der Waals surface area contributed by atoms with Crippen molar-refractivity contribution in [1.29, 1.82) is 0 Å². The van der Waals surface area contributed by atoms with Crippen LogP contribution < -0.4 is 0 Å². The van der Waals surface area contributed by atoms with Gasteiger partial charge in [0.2, 0.25) is 17.7 Å². The fraction of sp³-hybridized carbons (Fsp3) is 0.611. The smallest absolute Gasteiger partial charge is 0.249 e. The molecule has 9 heteroatoms. The molecule has 0 aromatic carbocycles. The molecule has 2 amide bonds. The first-order valence-corrected chi connectivity index (χ1v) is 9.39. The maximum Gasteiger partial charge on any atom is 0.249 e. The number of hydrogen-bond donors (Lipinski definition) is 0. The SMILES string of the molecule is CC(=O)N1CCCC1c1nc(C2CN(C(=O)CCn3cc(C)cn3)C2)no1. The van der Waals surface area contributed by atoms with E-state index in [9.17, 15) is 9.59 Å². The minimum Gasteiger partial charge on any atom is -0.341 e. The number of rotatable bonds is 5. The lowest BCUT2D eigenvalue weighted by molar-refractivity contribution is -0.136. The summed E-state index contributed by atoms with van der Waals surface area (Å²) in [6.45, 7) is 6.08. The number of likely N-dealkylation sites (tertiary alicyclic amines) is 2. The van der Waals surface area contributed by atoms with Gasteiger partial charge in [0.25, 0.3) is 0 Å². The Balaban J connectivity index is 1.29. The fourth-order valence-electron chi connectivity index (χ4n) is 3.75. The molecule has 0 bridgehead atoms. The minimum absolute atomic E-state index is 0.0324. The molecule has 2 aromatic rings. The van der Waals surface area contributed by atoms with Gasteiger partial charge in [0.1, 0.15) is 6.04 Å². The van der Waals surface area contributed by atoms with E-state index in [0.29, 0.717) is 37.8 Å². The van der Waals surface area contributed by atoms with Crippen molar-refractivity contribution in [2.45, 2.75) is 51.6 Å². The third kappa shape index (κ3) is 3.58. The predicted octanol–water partition coefficient (Wildman–Crippen LogP) is 1.27. The van der Waals surface area contributed by atoms with Crippen molar-refractivity contribution in [3.8, 4) is 0 Å². The second-order valence-corrected chi connectivity index (χ2v) is 7.39. The van der Waals surface area contributed by atoms with E-state index in [1.807, 2.05) is 18.0 Å². The van der Waals surface area contributed by atoms with Crippen LogP contribution in [0.2, 0.25) is 0 Å². The molecule has 2 aliphatic rings. The number of aryl methyl sites for hydroxylation is 2. The van der Waals surface area contributed by atoms with Crippen LogP contribution in [0.5, 0.6) is 0 Å². The fourth-order valence-corrected chi connectivity index (χ4v) is 3.75. The van der Waals surface area contributed by atoms with Crippen LogP contribution in [0.3, 0.4) is 0 Å². The third-order valence-corrected chi connectivity index (χ3v) is 5.32. The zero-order valence-corrected chi connectivity index (χ0v) is 15.7. The number of hydrogen-bond acceptors (Lipinski definition) is 6. The van der Waals surface area contributed by atoms with E-state index < -0.39 is 0 Å². The average Bonchev–Trinajstić information content (AvgIpc) is 3.31. The largest absolute Gasteiger partial charge is 0.341 e. The first-order valence-electron chi connectivity index (χ1n) is 9.39. The summed E-state index contributed by atoms with van der Waals surface area (Å²) >= 11 is 0. The second kappa shape index (κ2) is 7.13. The lowest BCUT2D eigenvalue weighted by Crippen LogP contribution is -2.49. The monoisotopic (exact) mass is 372 g/mol. The van der Waals surface area contributed by atoms with Gasteiger partial charge >= 0.3 is 0 Å². The Bertz CT molecular complexity index is 838. The molecule has 144 valence electrons. The lowest BCUT2D eigenvalue weighted by atomic mass is 9.99. The van der Waals surface area contributed by atoms with Crippen LogP contribution in [0.1, 0.15) is 55.4 Å². The molecule has 2 aromatic heterocycles. The van der Waals surface area contributed by atoms with Crippen LogP contribution in [0.4, 0.5) is 0 Å². The first kappa shape index (κ1) is 17.7. The average molecular weight is 372 g/mol. The Labute approximate surface area is 157 Å². The zero-order chi connectivity index (χ0) is 19.0. The quantitative estimate of drug-likeness (QED) is 0.784. The van der Waals surface area contributed by atoms with Gasteiger partial charge in [-0.3, -0.25) is 14.3 Å². The molecule has 4 rings (SSSR count). The third-order valence-electron chi connectivity index (χ3n) is 5.32. The minimum atomic E-state index is -0.112. The van der Waals surface area contributed by atoms with Crippen LogP contribution in [0.15, 0.2) is 16.9 Å². The van der Waals surface area contributed by atoms with Crippen molar-refractivity contribution in [3.63, 3.8) is 0 Å². The zero-order valence-electron chi connectivity index (χ0n) is 15.7. The van der Waals surface area contributed by atoms with Crippen LogP contribution in [0.25, 0.3) is 0 Å². The van der Waals surface area contributed by atoms with Gasteiger partial charge in [0.15, 0.2) is 5.82 Å². The Hall–Kier alpha value is -2.71. The summed E-state index contributed by atoms with van der Waals surface area (Å²) in [6, 6.07) is -0.112. The van der Waals surface area contributed by atoms with Gasteiger partial charge in [-0.25, -0.2) is 0 Å². The molecule has 4 heterocycles. The summed E-state index contributed by atoms with van der Waals surface area (Å²) in [5.74, 6) is 1.39. The summed E-state index contributed by atoms with van der Waals surface area (Å²) in [7, 11) is 0. The molecule has 2 fully saturated rings. The molecule has 0 radical (unpaired) electrons. The predicted molar refractivity (Wildman–Crippen MR) is 94.6 cm³/mol. The molecule has 9 nitrogen and oxygen atoms in total. The van der Waals surface area contributed by atoms with Gasteiger partial charge in [-0.2, -0.15) is 10.1 Å². The summed E-state index contributed by atoms with van der Waals surface area (Å²) in [5.41, 5.74) is 1.09. The second-order valence-electron chi connectivity index (χ2n) is 7.39. The van der Waals surface area contributed by atoms with Gasteiger partial charge < -0.3 is 14.3 Å². The van der Waals surface area contributed by atoms with Crippen LogP contribution in [-0.4, -0.2) is 61.2 Å². The van der Waals surface area contributed by atoms with E-state index in [2.05, 4.69) is 15.2 Å². The van der Waals surface area contributed by atoms with E-state index in [1.54, 1.807) is 22.7 Å². The molecule has 1 unspecified atom stereocenters. The first-order chi connectivity index (χ1) is 13.0. The summed E-state index contributed by atoms with van der Waals surface area (Å²) < 4.78 is 7.21. The van der Waals surface area contributed by atoms with Crippen molar-refractivity contribution in [2.75, 3.05) is 19.6 Å². The van der Waals surface area contributed by atoms with Gasteiger partial charge in [-0.05, 0) is 25.3 Å². The highest BCUT2D eigenvalue weighted by Crippen LogP contribution is 2.33. The lowest BCUT2D eigenvalue weighted by Gasteiger charge is -2.37. The van der Waals surface area contributed by atoms with E-state index in [1.165, 1.54) is 0 Å². The maximum atomic E-state index is 12.3. The summed E-state index contributed by atoms with van der Waals surface area (Å²) in [4.78, 5) is 32.1. The summed E-state index contributed by atoms with van der Waals surface area (Å²) in [6.07, 6.45) is 5.95. The molecule has 27 heavy (non-hydrogen) atoms. The van der Waals surface area contributed by atoms with E-state index in [-0.39, 0.29) is 23.8 Å². The molecule has 1 atom stereocenters. The highest BCUT2D eigenvalue weighted by atomic mass is 16.5. The van der Waals surface area contributed by atoms with Crippen molar-refractivity contribution in [2.24, 2.45) is 0 Å². The number of carbonyl (C=O) groups excluding carboxylic acids is 2. The molecule has 0 saturated carbocycles. The Kier molecular flexibility index (Phi) is 4.67. The summed E-state index contributed by atoms with van der Waals surface area (Å²) in [5, 5.41) is 8.29. The Morgan fingerprint density at radius 1 is 1.33 bits per heavy atom. The van der Waals surface area contributed by atoms with Crippen molar-refractivity contribution < 1.29 is 14.1 Å².